The Balaban J connectivity index is 1.83. The second-order valence-electron chi connectivity index (χ2n) is 5.74. The highest BCUT2D eigenvalue weighted by Crippen LogP contribution is 2.24. The number of nitrogens with one attached hydrogen (secondary N) is 1. The highest BCUT2D eigenvalue weighted by molar-refractivity contribution is 5.28. The fraction of sp³-hybridized carbons (Fsp3) is 0.625. The SMILES string of the molecule is CC1CCCCC1NCC(O)c1ccc(OC(F)F)cc1. The van der Waals surface area contributed by atoms with E-state index in [2.05, 4.69) is 17.0 Å². The van der Waals surface area contributed by atoms with Crippen molar-refractivity contribution in [2.75, 3.05) is 6.54 Å². The highest BCUT2D eigenvalue weighted by Gasteiger charge is 2.21. The van der Waals surface area contributed by atoms with E-state index in [0.29, 0.717) is 24.1 Å². The van der Waals surface area contributed by atoms with Gasteiger partial charge in [0.25, 0.3) is 0 Å². The smallest absolute Gasteiger partial charge is 0.387 e. The minimum atomic E-state index is -2.82. The molecule has 5 heteroatoms. The van der Waals surface area contributed by atoms with E-state index in [9.17, 15) is 13.9 Å². The van der Waals surface area contributed by atoms with Crippen molar-refractivity contribution in [1.82, 2.24) is 5.32 Å². The second kappa shape index (κ2) is 7.71. The molecule has 3 unspecified atom stereocenters. The van der Waals surface area contributed by atoms with Gasteiger partial charge in [0.05, 0.1) is 6.10 Å². The molecule has 118 valence electrons. The minimum Gasteiger partial charge on any atom is -0.435 e. The van der Waals surface area contributed by atoms with Gasteiger partial charge in [-0.25, -0.2) is 0 Å². The number of ether oxygens (including phenoxy) is 1. The Labute approximate surface area is 124 Å². The van der Waals surface area contributed by atoms with Crippen molar-refractivity contribution in [2.24, 2.45) is 5.92 Å². The topological polar surface area (TPSA) is 41.5 Å². The molecule has 0 spiro atoms. The predicted octanol–water partition coefficient (Wildman–Crippen LogP) is 3.49. The van der Waals surface area contributed by atoms with E-state index >= 15 is 0 Å². The molecule has 1 aliphatic carbocycles. The van der Waals surface area contributed by atoms with Crippen molar-refractivity contribution < 1.29 is 18.6 Å². The van der Waals surface area contributed by atoms with Crippen LogP contribution < -0.4 is 10.1 Å². The first kappa shape index (κ1) is 16.2. The van der Waals surface area contributed by atoms with Gasteiger partial charge in [-0.2, -0.15) is 8.78 Å². The van der Waals surface area contributed by atoms with Gasteiger partial charge in [-0.3, -0.25) is 0 Å². The molecule has 3 atom stereocenters. The molecule has 0 bridgehead atoms. The minimum absolute atomic E-state index is 0.106. The molecule has 0 radical (unpaired) electrons. The maximum Gasteiger partial charge on any atom is 0.387 e. The van der Waals surface area contributed by atoms with Gasteiger partial charge in [0.15, 0.2) is 0 Å². The third-order valence-electron chi connectivity index (χ3n) is 4.17. The Bertz CT molecular complexity index is 425. The van der Waals surface area contributed by atoms with E-state index in [4.69, 9.17) is 0 Å². The third kappa shape index (κ3) is 4.93. The number of hydrogen-bond acceptors (Lipinski definition) is 3. The monoisotopic (exact) mass is 299 g/mol. The average molecular weight is 299 g/mol. The molecule has 1 saturated carbocycles. The van der Waals surface area contributed by atoms with Gasteiger partial charge >= 0.3 is 6.61 Å². The molecule has 1 fully saturated rings. The Hall–Kier alpha value is -1.20. The molecule has 0 aliphatic heterocycles. The first-order chi connectivity index (χ1) is 10.1. The van der Waals surface area contributed by atoms with Crippen LogP contribution >= 0.6 is 0 Å². The van der Waals surface area contributed by atoms with Gasteiger partial charge in [-0.1, -0.05) is 31.9 Å². The van der Waals surface area contributed by atoms with E-state index in [1.165, 1.54) is 31.4 Å². The molecular formula is C16H23F2NO2. The molecule has 1 aromatic carbocycles. The Morgan fingerprint density at radius 2 is 1.90 bits per heavy atom. The molecule has 1 aromatic rings. The van der Waals surface area contributed by atoms with Gasteiger partial charge in [-0.05, 0) is 36.5 Å². The standard InChI is InChI=1S/C16H23F2NO2/c1-11-4-2-3-5-14(11)19-10-15(20)12-6-8-13(9-7-12)21-16(17)18/h6-9,11,14-16,19-20H,2-5,10H2,1H3. The number of halogens is 2. The quantitative estimate of drug-likeness (QED) is 0.845. The molecule has 0 saturated heterocycles. The molecule has 1 aliphatic rings. The van der Waals surface area contributed by atoms with Crippen LogP contribution in [0.3, 0.4) is 0 Å². The van der Waals surface area contributed by atoms with Crippen LogP contribution in [0.15, 0.2) is 24.3 Å². The van der Waals surface area contributed by atoms with Crippen molar-refractivity contribution in [3.05, 3.63) is 29.8 Å². The molecule has 3 nitrogen and oxygen atoms in total. The number of aliphatic hydroxyl groups excluding tert-OH is 1. The molecular weight excluding hydrogens is 276 g/mol. The van der Waals surface area contributed by atoms with Crippen molar-refractivity contribution in [1.29, 1.82) is 0 Å². The summed E-state index contributed by atoms with van der Waals surface area (Å²) < 4.78 is 28.4. The average Bonchev–Trinajstić information content (AvgIpc) is 2.46. The largest absolute Gasteiger partial charge is 0.435 e. The summed E-state index contributed by atoms with van der Waals surface area (Å²) in [6.45, 7) is -0.112. The normalized spacial score (nSPS) is 24.0. The van der Waals surface area contributed by atoms with Crippen LogP contribution in [-0.2, 0) is 0 Å². The van der Waals surface area contributed by atoms with Gasteiger partial charge in [0.2, 0.25) is 0 Å². The lowest BCUT2D eigenvalue weighted by Gasteiger charge is -2.30. The summed E-state index contributed by atoms with van der Waals surface area (Å²) in [5.74, 6) is 0.738. The molecule has 0 aromatic heterocycles. The number of hydrogen-bond donors (Lipinski definition) is 2. The second-order valence-corrected chi connectivity index (χ2v) is 5.74. The summed E-state index contributed by atoms with van der Waals surface area (Å²) in [6, 6.07) is 6.60. The summed E-state index contributed by atoms with van der Waals surface area (Å²) in [5, 5.41) is 13.6. The zero-order valence-electron chi connectivity index (χ0n) is 12.3. The number of aliphatic hydroxyl groups is 1. The summed E-state index contributed by atoms with van der Waals surface area (Å²) in [4.78, 5) is 0. The highest BCUT2D eigenvalue weighted by atomic mass is 19.3. The van der Waals surface area contributed by atoms with Gasteiger partial charge in [-0.15, -0.1) is 0 Å². The van der Waals surface area contributed by atoms with Crippen LogP contribution in [0, 0.1) is 5.92 Å². The van der Waals surface area contributed by atoms with Crippen molar-refractivity contribution in [3.63, 3.8) is 0 Å². The molecule has 0 heterocycles. The van der Waals surface area contributed by atoms with E-state index in [-0.39, 0.29) is 5.75 Å². The summed E-state index contributed by atoms with van der Waals surface area (Å²) in [7, 11) is 0. The van der Waals surface area contributed by atoms with Crippen LogP contribution in [0.2, 0.25) is 0 Å². The molecule has 0 amide bonds. The number of alkyl halides is 2. The summed E-state index contributed by atoms with van der Waals surface area (Å²) >= 11 is 0. The zero-order chi connectivity index (χ0) is 15.2. The van der Waals surface area contributed by atoms with E-state index in [1.54, 1.807) is 12.1 Å². The van der Waals surface area contributed by atoms with E-state index in [0.717, 1.165) is 6.42 Å². The summed E-state index contributed by atoms with van der Waals surface area (Å²) in [5.41, 5.74) is 0.701. The lowest BCUT2D eigenvalue weighted by molar-refractivity contribution is -0.0498. The Morgan fingerprint density at radius 3 is 2.52 bits per heavy atom. The lowest BCUT2D eigenvalue weighted by atomic mass is 9.86. The van der Waals surface area contributed by atoms with Crippen LogP contribution in [0.25, 0.3) is 0 Å². The van der Waals surface area contributed by atoms with Crippen LogP contribution in [-0.4, -0.2) is 24.3 Å². The van der Waals surface area contributed by atoms with Crippen LogP contribution in [0.1, 0.15) is 44.3 Å². The lowest BCUT2D eigenvalue weighted by Crippen LogP contribution is -2.39. The first-order valence-electron chi connectivity index (χ1n) is 7.52. The van der Waals surface area contributed by atoms with Gasteiger partial charge in [0, 0.05) is 12.6 Å². The number of benzene rings is 1. The van der Waals surface area contributed by atoms with Crippen LogP contribution in [0.5, 0.6) is 5.75 Å². The molecule has 21 heavy (non-hydrogen) atoms. The molecule has 2 N–H and O–H groups in total. The third-order valence-corrected chi connectivity index (χ3v) is 4.17. The van der Waals surface area contributed by atoms with E-state index < -0.39 is 12.7 Å². The molecule has 2 rings (SSSR count). The Morgan fingerprint density at radius 1 is 1.24 bits per heavy atom. The number of rotatable bonds is 6. The van der Waals surface area contributed by atoms with Crippen molar-refractivity contribution in [2.45, 2.75) is 51.4 Å². The van der Waals surface area contributed by atoms with E-state index in [1.807, 2.05) is 0 Å². The van der Waals surface area contributed by atoms with Crippen molar-refractivity contribution >= 4 is 0 Å². The van der Waals surface area contributed by atoms with Crippen LogP contribution in [0.4, 0.5) is 8.78 Å². The summed E-state index contributed by atoms with van der Waals surface area (Å²) in [6.07, 6.45) is 4.26. The zero-order valence-corrected chi connectivity index (χ0v) is 12.3. The fourth-order valence-corrected chi connectivity index (χ4v) is 2.87. The Kier molecular flexibility index (Phi) is 5.94. The van der Waals surface area contributed by atoms with Gasteiger partial charge < -0.3 is 15.2 Å². The van der Waals surface area contributed by atoms with Gasteiger partial charge in [0.1, 0.15) is 5.75 Å². The first-order valence-corrected chi connectivity index (χ1v) is 7.52. The predicted molar refractivity (Wildman–Crippen MR) is 77.5 cm³/mol. The maximum absolute atomic E-state index is 12.1. The van der Waals surface area contributed by atoms with Crippen molar-refractivity contribution in [3.8, 4) is 5.75 Å². The maximum atomic E-state index is 12.1. The fourth-order valence-electron chi connectivity index (χ4n) is 2.87.